The summed E-state index contributed by atoms with van der Waals surface area (Å²) in [7, 11) is 0. The first-order valence-corrected chi connectivity index (χ1v) is 11.3. The number of rotatable bonds is 3. The van der Waals surface area contributed by atoms with E-state index in [0.717, 1.165) is 27.0 Å². The number of nitrogens with one attached hydrogen (secondary N) is 1. The predicted molar refractivity (Wildman–Crippen MR) is 123 cm³/mol. The van der Waals surface area contributed by atoms with Crippen molar-refractivity contribution in [3.8, 4) is 21.8 Å². The molecule has 1 aliphatic rings. The SMILES string of the molecule is O=C1C[C@@H](c2ccccc2)Cc2[nH]c(=O)c(-c3nc(-c4ccc(Br)cc4)cs3)cc21. The Balaban J connectivity index is 1.49. The van der Waals surface area contributed by atoms with Crippen molar-refractivity contribution in [2.45, 2.75) is 18.8 Å². The van der Waals surface area contributed by atoms with Crippen LogP contribution in [0.4, 0.5) is 0 Å². The zero-order valence-electron chi connectivity index (χ0n) is 15.9. The molecule has 2 aromatic carbocycles. The fraction of sp³-hybridized carbons (Fsp3) is 0.125. The Bertz CT molecular complexity index is 1290. The average Bonchev–Trinajstić information content (AvgIpc) is 3.24. The molecule has 2 heterocycles. The number of carbonyl (C=O) groups excluding carboxylic acids is 1. The largest absolute Gasteiger partial charge is 0.325 e. The summed E-state index contributed by atoms with van der Waals surface area (Å²) < 4.78 is 1.00. The number of H-pyrrole nitrogens is 1. The number of aromatic nitrogens is 2. The minimum absolute atomic E-state index is 0.0623. The van der Waals surface area contributed by atoms with Crippen LogP contribution in [0.5, 0.6) is 0 Å². The van der Waals surface area contributed by atoms with E-state index >= 15 is 0 Å². The van der Waals surface area contributed by atoms with Crippen LogP contribution in [0.1, 0.15) is 34.0 Å². The normalized spacial score (nSPS) is 15.8. The summed E-state index contributed by atoms with van der Waals surface area (Å²) in [5.41, 5.74) is 4.50. The number of carbonyl (C=O) groups is 1. The molecule has 148 valence electrons. The van der Waals surface area contributed by atoms with Crippen molar-refractivity contribution in [3.05, 3.63) is 97.7 Å². The second kappa shape index (κ2) is 7.78. The van der Waals surface area contributed by atoms with E-state index in [9.17, 15) is 9.59 Å². The van der Waals surface area contributed by atoms with Crippen LogP contribution in [-0.4, -0.2) is 15.8 Å². The number of fused-ring (bicyclic) bond motifs is 1. The molecule has 4 aromatic rings. The van der Waals surface area contributed by atoms with Crippen molar-refractivity contribution in [2.24, 2.45) is 0 Å². The molecule has 5 rings (SSSR count). The molecule has 2 aromatic heterocycles. The molecular formula is C24H17BrN2O2S. The van der Waals surface area contributed by atoms with Gasteiger partial charge in [-0.2, -0.15) is 0 Å². The number of hydrogen-bond acceptors (Lipinski definition) is 4. The van der Waals surface area contributed by atoms with Gasteiger partial charge in [0.1, 0.15) is 5.01 Å². The maximum atomic E-state index is 12.9. The van der Waals surface area contributed by atoms with Crippen LogP contribution in [0.3, 0.4) is 0 Å². The molecule has 0 saturated carbocycles. The smallest absolute Gasteiger partial charge is 0.258 e. The van der Waals surface area contributed by atoms with E-state index in [2.05, 4.69) is 25.9 Å². The number of aromatic amines is 1. The number of Topliss-reactive ketones (excluding diaryl/α,β-unsaturated/α-hetero) is 1. The van der Waals surface area contributed by atoms with Crippen molar-refractivity contribution in [1.82, 2.24) is 9.97 Å². The molecule has 0 bridgehead atoms. The van der Waals surface area contributed by atoms with Crippen molar-refractivity contribution < 1.29 is 4.79 Å². The van der Waals surface area contributed by atoms with Crippen molar-refractivity contribution in [3.63, 3.8) is 0 Å². The fourth-order valence-electron chi connectivity index (χ4n) is 3.90. The Labute approximate surface area is 185 Å². The minimum Gasteiger partial charge on any atom is -0.325 e. The van der Waals surface area contributed by atoms with Crippen LogP contribution in [-0.2, 0) is 6.42 Å². The second-order valence-electron chi connectivity index (χ2n) is 7.39. The molecule has 1 N–H and O–H groups in total. The summed E-state index contributed by atoms with van der Waals surface area (Å²) in [5, 5.41) is 2.56. The van der Waals surface area contributed by atoms with Gasteiger partial charge in [0, 0.05) is 33.1 Å². The molecule has 0 spiro atoms. The number of nitrogens with zero attached hydrogens (tertiary/aromatic N) is 1. The number of hydrogen-bond donors (Lipinski definition) is 1. The number of ketones is 1. The molecule has 0 amide bonds. The highest BCUT2D eigenvalue weighted by Crippen LogP contribution is 2.34. The van der Waals surface area contributed by atoms with Crippen LogP contribution >= 0.6 is 27.3 Å². The summed E-state index contributed by atoms with van der Waals surface area (Å²) >= 11 is 4.84. The molecule has 0 aliphatic heterocycles. The van der Waals surface area contributed by atoms with E-state index in [0.29, 0.717) is 29.0 Å². The summed E-state index contributed by atoms with van der Waals surface area (Å²) in [6.07, 6.45) is 1.10. The number of thiazole rings is 1. The quantitative estimate of drug-likeness (QED) is 0.403. The maximum Gasteiger partial charge on any atom is 0.258 e. The summed E-state index contributed by atoms with van der Waals surface area (Å²) in [6, 6.07) is 19.6. The van der Waals surface area contributed by atoms with Gasteiger partial charge in [0.25, 0.3) is 5.56 Å². The lowest BCUT2D eigenvalue weighted by molar-refractivity contribution is 0.0963. The van der Waals surface area contributed by atoms with E-state index in [1.165, 1.54) is 11.3 Å². The van der Waals surface area contributed by atoms with Crippen LogP contribution in [0.15, 0.2) is 75.3 Å². The average molecular weight is 477 g/mol. The Morgan fingerprint density at radius 2 is 1.73 bits per heavy atom. The molecule has 1 atom stereocenters. The van der Waals surface area contributed by atoms with Crippen molar-refractivity contribution >= 4 is 33.0 Å². The van der Waals surface area contributed by atoms with Crippen LogP contribution in [0.25, 0.3) is 21.8 Å². The molecule has 0 unspecified atom stereocenters. The zero-order chi connectivity index (χ0) is 20.7. The summed E-state index contributed by atoms with van der Waals surface area (Å²) in [6.45, 7) is 0. The lowest BCUT2D eigenvalue weighted by Crippen LogP contribution is -2.24. The van der Waals surface area contributed by atoms with Gasteiger partial charge in [0.05, 0.1) is 11.3 Å². The van der Waals surface area contributed by atoms with E-state index < -0.39 is 0 Å². The van der Waals surface area contributed by atoms with Gasteiger partial charge in [-0.05, 0) is 36.1 Å². The van der Waals surface area contributed by atoms with Crippen LogP contribution in [0, 0.1) is 0 Å². The molecule has 0 saturated heterocycles. The molecule has 4 nitrogen and oxygen atoms in total. The summed E-state index contributed by atoms with van der Waals surface area (Å²) in [4.78, 5) is 33.3. The molecule has 30 heavy (non-hydrogen) atoms. The van der Waals surface area contributed by atoms with Gasteiger partial charge in [0.15, 0.2) is 5.78 Å². The standard InChI is InChI=1S/C24H17BrN2O2S/c25-17-8-6-15(7-9-17)21-13-30-24(27-21)19-12-18-20(26-23(19)29)10-16(11-22(18)28)14-4-2-1-3-5-14/h1-9,12-13,16H,10-11H2,(H,26,29)/t16-/m0/s1. The predicted octanol–water partition coefficient (Wildman–Crippen LogP) is 5.84. The van der Waals surface area contributed by atoms with E-state index in [-0.39, 0.29) is 17.3 Å². The molecule has 0 fully saturated rings. The lowest BCUT2D eigenvalue weighted by atomic mass is 9.81. The first-order valence-electron chi connectivity index (χ1n) is 9.64. The first-order chi connectivity index (χ1) is 14.6. The Kier molecular flexibility index (Phi) is 4.97. The number of benzene rings is 2. The molecule has 1 aliphatic carbocycles. The van der Waals surface area contributed by atoms with E-state index in [1.807, 2.05) is 60.0 Å². The monoisotopic (exact) mass is 476 g/mol. The summed E-state index contributed by atoms with van der Waals surface area (Å²) in [5.74, 6) is 0.156. The van der Waals surface area contributed by atoms with Gasteiger partial charge in [-0.3, -0.25) is 9.59 Å². The van der Waals surface area contributed by atoms with Gasteiger partial charge < -0.3 is 4.98 Å². The first kappa shape index (κ1) is 19.2. The van der Waals surface area contributed by atoms with Gasteiger partial charge in [-0.25, -0.2) is 4.98 Å². The topological polar surface area (TPSA) is 62.8 Å². The zero-order valence-corrected chi connectivity index (χ0v) is 18.3. The molecule has 0 radical (unpaired) electrons. The second-order valence-corrected chi connectivity index (χ2v) is 9.16. The van der Waals surface area contributed by atoms with Crippen molar-refractivity contribution in [1.29, 1.82) is 0 Å². The lowest BCUT2D eigenvalue weighted by Gasteiger charge is -2.24. The van der Waals surface area contributed by atoms with Crippen LogP contribution < -0.4 is 5.56 Å². The van der Waals surface area contributed by atoms with Crippen molar-refractivity contribution in [2.75, 3.05) is 0 Å². The third-order valence-corrected chi connectivity index (χ3v) is 6.86. The maximum absolute atomic E-state index is 12.9. The highest BCUT2D eigenvalue weighted by molar-refractivity contribution is 9.10. The van der Waals surface area contributed by atoms with E-state index in [4.69, 9.17) is 0 Å². The van der Waals surface area contributed by atoms with Gasteiger partial charge in [-0.15, -0.1) is 11.3 Å². The third kappa shape index (κ3) is 3.57. The van der Waals surface area contributed by atoms with Gasteiger partial charge >= 0.3 is 0 Å². The van der Waals surface area contributed by atoms with Gasteiger partial charge in [0.2, 0.25) is 0 Å². The van der Waals surface area contributed by atoms with Crippen LogP contribution in [0.2, 0.25) is 0 Å². The fourth-order valence-corrected chi connectivity index (χ4v) is 5.01. The van der Waals surface area contributed by atoms with E-state index in [1.54, 1.807) is 6.07 Å². The van der Waals surface area contributed by atoms with Gasteiger partial charge in [-0.1, -0.05) is 58.4 Å². The minimum atomic E-state index is -0.202. The molecular weight excluding hydrogens is 460 g/mol. The Morgan fingerprint density at radius 3 is 2.50 bits per heavy atom. The Morgan fingerprint density at radius 1 is 0.967 bits per heavy atom. The third-order valence-electron chi connectivity index (χ3n) is 5.45. The number of pyridine rings is 1. The Hall–Kier alpha value is -2.83. The molecule has 6 heteroatoms. The highest BCUT2D eigenvalue weighted by atomic mass is 79.9. The number of halogens is 1. The highest BCUT2D eigenvalue weighted by Gasteiger charge is 2.28.